The molecule has 2 aromatic rings. The molecule has 27 heavy (non-hydrogen) atoms. The normalized spacial score (nSPS) is 10.4. The molecule has 0 unspecified atom stereocenters. The van der Waals surface area contributed by atoms with Crippen LogP contribution in [0.4, 0.5) is 11.4 Å². The summed E-state index contributed by atoms with van der Waals surface area (Å²) in [5.74, 6) is -0.437. The van der Waals surface area contributed by atoms with Crippen molar-refractivity contribution in [2.24, 2.45) is 0 Å². The fraction of sp³-hybridized carbons (Fsp3) is 0.318. The van der Waals surface area contributed by atoms with Gasteiger partial charge in [0.25, 0.3) is 0 Å². The van der Waals surface area contributed by atoms with Gasteiger partial charge in [0.2, 0.25) is 11.8 Å². The Balaban J connectivity index is 2.01. The van der Waals surface area contributed by atoms with E-state index in [1.54, 1.807) is 18.2 Å². The van der Waals surface area contributed by atoms with Crippen LogP contribution >= 0.6 is 0 Å². The van der Waals surface area contributed by atoms with Crippen molar-refractivity contribution in [3.63, 3.8) is 0 Å². The number of aryl methyl sites for hydroxylation is 3. The van der Waals surface area contributed by atoms with Crippen LogP contribution in [0.5, 0.6) is 0 Å². The zero-order chi connectivity index (χ0) is 20.0. The number of amides is 2. The fourth-order valence-corrected chi connectivity index (χ4v) is 2.78. The van der Waals surface area contributed by atoms with Gasteiger partial charge < -0.3 is 10.6 Å². The quantitative estimate of drug-likeness (QED) is 0.712. The Kier molecular flexibility index (Phi) is 6.88. The van der Waals surface area contributed by atoms with Crippen molar-refractivity contribution in [2.45, 2.75) is 47.0 Å². The van der Waals surface area contributed by atoms with Crippen molar-refractivity contribution in [1.82, 2.24) is 0 Å². The van der Waals surface area contributed by atoms with Gasteiger partial charge >= 0.3 is 0 Å². The molecule has 0 aromatic heterocycles. The summed E-state index contributed by atoms with van der Waals surface area (Å²) < 4.78 is 0. The van der Waals surface area contributed by atoms with Gasteiger partial charge in [0.1, 0.15) is 0 Å². The highest BCUT2D eigenvalue weighted by Crippen LogP contribution is 2.22. The zero-order valence-corrected chi connectivity index (χ0v) is 16.3. The number of carbonyl (C=O) groups is 3. The standard InChI is InChI=1S/C22H26N2O3/c1-5-17-8-9-19(23-16(4)25)13-20(17)24-22(27)11-10-21(26)18-7-6-14(2)15(3)12-18/h6-9,12-13H,5,10-11H2,1-4H3,(H,23,25)(H,24,27). The van der Waals surface area contributed by atoms with E-state index in [0.717, 1.165) is 23.1 Å². The molecule has 2 aromatic carbocycles. The van der Waals surface area contributed by atoms with Gasteiger partial charge in [-0.2, -0.15) is 0 Å². The van der Waals surface area contributed by atoms with E-state index in [-0.39, 0.29) is 30.4 Å². The molecular weight excluding hydrogens is 340 g/mol. The second kappa shape index (κ2) is 9.12. The molecule has 0 atom stereocenters. The second-order valence-corrected chi connectivity index (χ2v) is 6.68. The maximum absolute atomic E-state index is 12.3. The topological polar surface area (TPSA) is 75.3 Å². The van der Waals surface area contributed by atoms with Crippen LogP contribution in [0.3, 0.4) is 0 Å². The molecule has 0 heterocycles. The van der Waals surface area contributed by atoms with Gasteiger partial charge in [-0.15, -0.1) is 0 Å². The molecule has 0 radical (unpaired) electrons. The molecule has 2 rings (SSSR count). The van der Waals surface area contributed by atoms with Gasteiger partial charge in [-0.25, -0.2) is 0 Å². The summed E-state index contributed by atoms with van der Waals surface area (Å²) in [6.45, 7) is 7.39. The Hall–Kier alpha value is -2.95. The lowest BCUT2D eigenvalue weighted by molar-refractivity contribution is -0.116. The minimum atomic E-state index is -0.221. The molecule has 0 saturated carbocycles. The van der Waals surface area contributed by atoms with Crippen LogP contribution in [0, 0.1) is 13.8 Å². The summed E-state index contributed by atoms with van der Waals surface area (Å²) in [6.07, 6.45) is 1.01. The van der Waals surface area contributed by atoms with E-state index in [2.05, 4.69) is 10.6 Å². The van der Waals surface area contributed by atoms with Gasteiger partial charge in [-0.3, -0.25) is 14.4 Å². The maximum atomic E-state index is 12.3. The first-order chi connectivity index (χ1) is 12.8. The molecule has 0 aliphatic rings. The molecule has 142 valence electrons. The van der Waals surface area contributed by atoms with Crippen LogP contribution in [0.1, 0.15) is 53.7 Å². The molecule has 5 heteroatoms. The highest BCUT2D eigenvalue weighted by Gasteiger charge is 2.12. The first-order valence-electron chi connectivity index (χ1n) is 9.11. The van der Waals surface area contributed by atoms with Gasteiger partial charge in [-0.05, 0) is 55.2 Å². The summed E-state index contributed by atoms with van der Waals surface area (Å²) in [4.78, 5) is 35.9. The third-order valence-corrected chi connectivity index (χ3v) is 4.49. The number of rotatable bonds is 7. The van der Waals surface area contributed by atoms with E-state index < -0.39 is 0 Å². The van der Waals surface area contributed by atoms with E-state index >= 15 is 0 Å². The Morgan fingerprint density at radius 2 is 1.63 bits per heavy atom. The first kappa shape index (κ1) is 20.4. The minimum Gasteiger partial charge on any atom is -0.326 e. The number of anilines is 2. The number of hydrogen-bond acceptors (Lipinski definition) is 3. The zero-order valence-electron chi connectivity index (χ0n) is 16.3. The molecule has 2 N–H and O–H groups in total. The van der Waals surface area contributed by atoms with Crippen LogP contribution in [-0.4, -0.2) is 17.6 Å². The molecular formula is C22H26N2O3. The van der Waals surface area contributed by atoms with E-state index in [1.165, 1.54) is 6.92 Å². The summed E-state index contributed by atoms with van der Waals surface area (Å²) in [5, 5.41) is 5.57. The average molecular weight is 366 g/mol. The van der Waals surface area contributed by atoms with Gasteiger partial charge in [0, 0.05) is 36.7 Å². The van der Waals surface area contributed by atoms with E-state index in [4.69, 9.17) is 0 Å². The van der Waals surface area contributed by atoms with Crippen LogP contribution in [0.2, 0.25) is 0 Å². The lowest BCUT2D eigenvalue weighted by Crippen LogP contribution is -2.15. The van der Waals surface area contributed by atoms with Crippen LogP contribution in [-0.2, 0) is 16.0 Å². The summed E-state index contributed by atoms with van der Waals surface area (Å²) in [5.41, 5.74) is 5.09. The summed E-state index contributed by atoms with van der Waals surface area (Å²) in [6, 6.07) is 11.0. The van der Waals surface area contributed by atoms with Crippen molar-refractivity contribution >= 4 is 29.0 Å². The lowest BCUT2D eigenvalue weighted by atomic mass is 10.0. The molecule has 0 spiro atoms. The predicted molar refractivity (Wildman–Crippen MR) is 108 cm³/mol. The molecule has 0 aliphatic carbocycles. The Bertz CT molecular complexity index is 872. The molecule has 5 nitrogen and oxygen atoms in total. The van der Waals surface area contributed by atoms with Crippen molar-refractivity contribution in [2.75, 3.05) is 10.6 Å². The van der Waals surface area contributed by atoms with Crippen molar-refractivity contribution < 1.29 is 14.4 Å². The first-order valence-corrected chi connectivity index (χ1v) is 9.11. The third-order valence-electron chi connectivity index (χ3n) is 4.49. The molecule has 0 saturated heterocycles. The van der Waals surface area contributed by atoms with Gasteiger partial charge in [-0.1, -0.05) is 25.1 Å². The number of hydrogen-bond donors (Lipinski definition) is 2. The number of nitrogens with one attached hydrogen (secondary N) is 2. The Labute approximate surface area is 160 Å². The van der Waals surface area contributed by atoms with Crippen molar-refractivity contribution in [1.29, 1.82) is 0 Å². The molecule has 2 amide bonds. The van der Waals surface area contributed by atoms with Crippen LogP contribution in [0.15, 0.2) is 36.4 Å². The highest BCUT2D eigenvalue weighted by molar-refractivity contribution is 6.00. The maximum Gasteiger partial charge on any atom is 0.224 e. The monoisotopic (exact) mass is 366 g/mol. The molecule has 0 bridgehead atoms. The van der Waals surface area contributed by atoms with E-state index in [9.17, 15) is 14.4 Å². The predicted octanol–water partition coefficient (Wildman–Crippen LogP) is 4.43. The third kappa shape index (κ3) is 5.78. The summed E-state index contributed by atoms with van der Waals surface area (Å²) in [7, 11) is 0. The molecule has 0 fully saturated rings. The smallest absolute Gasteiger partial charge is 0.224 e. The van der Waals surface area contributed by atoms with Crippen molar-refractivity contribution in [3.8, 4) is 0 Å². The van der Waals surface area contributed by atoms with E-state index in [1.807, 2.05) is 39.0 Å². The van der Waals surface area contributed by atoms with Crippen LogP contribution < -0.4 is 10.6 Å². The lowest BCUT2D eigenvalue weighted by Gasteiger charge is -2.12. The Morgan fingerprint density at radius 3 is 2.26 bits per heavy atom. The fourth-order valence-electron chi connectivity index (χ4n) is 2.78. The van der Waals surface area contributed by atoms with Gasteiger partial charge in [0.05, 0.1) is 0 Å². The summed E-state index contributed by atoms with van der Waals surface area (Å²) >= 11 is 0. The number of benzene rings is 2. The number of Topliss-reactive ketones (excluding diaryl/α,β-unsaturated/α-hetero) is 1. The largest absolute Gasteiger partial charge is 0.326 e. The minimum absolute atomic E-state index is 0.0454. The second-order valence-electron chi connectivity index (χ2n) is 6.68. The van der Waals surface area contributed by atoms with Gasteiger partial charge in [0.15, 0.2) is 5.78 Å². The highest BCUT2D eigenvalue weighted by atomic mass is 16.2. The van der Waals surface area contributed by atoms with Crippen molar-refractivity contribution in [3.05, 3.63) is 58.7 Å². The number of carbonyl (C=O) groups excluding carboxylic acids is 3. The average Bonchev–Trinajstić information content (AvgIpc) is 2.61. The Morgan fingerprint density at radius 1 is 0.889 bits per heavy atom. The van der Waals surface area contributed by atoms with Crippen LogP contribution in [0.25, 0.3) is 0 Å². The van der Waals surface area contributed by atoms with E-state index in [0.29, 0.717) is 16.9 Å². The number of ketones is 1. The molecule has 0 aliphatic heterocycles. The SMILES string of the molecule is CCc1ccc(NC(C)=O)cc1NC(=O)CCC(=O)c1ccc(C)c(C)c1.